The fourth-order valence-electron chi connectivity index (χ4n) is 2.17. The van der Waals surface area contributed by atoms with Gasteiger partial charge in [0.05, 0.1) is 0 Å². The predicted molar refractivity (Wildman–Crippen MR) is 83.0 cm³/mol. The van der Waals surface area contributed by atoms with Gasteiger partial charge in [0.2, 0.25) is 0 Å². The number of rotatable bonds is 9. The second kappa shape index (κ2) is 7.43. The van der Waals surface area contributed by atoms with Crippen molar-refractivity contribution in [3.05, 3.63) is 0 Å². The van der Waals surface area contributed by atoms with Crippen LogP contribution in [0.15, 0.2) is 0 Å². The highest BCUT2D eigenvalue weighted by Gasteiger charge is 2.43. The molecule has 0 spiro atoms. The zero-order chi connectivity index (χ0) is 15.3. The molecule has 0 aromatic heterocycles. The van der Waals surface area contributed by atoms with Gasteiger partial charge in [0.15, 0.2) is 8.32 Å². The summed E-state index contributed by atoms with van der Waals surface area (Å²) in [6.45, 7) is 15.1. The van der Waals surface area contributed by atoms with Crippen molar-refractivity contribution in [2.75, 3.05) is 0 Å². The Bertz CT molecular complexity index is 287. The standard InChI is InChI=1S/C15H32O3Si/c1-8-10-15(4,5)19(6,7)18-13(14(16)17)11-12(3)9-2/h12-13H,8-11H2,1-7H3,(H,16,17). The van der Waals surface area contributed by atoms with E-state index in [-0.39, 0.29) is 5.04 Å². The normalized spacial score (nSPS) is 16.2. The minimum atomic E-state index is -2.04. The summed E-state index contributed by atoms with van der Waals surface area (Å²) in [5.41, 5.74) is 0. The van der Waals surface area contributed by atoms with E-state index in [0.717, 1.165) is 19.3 Å². The second-order valence-electron chi connectivity index (χ2n) is 6.84. The minimum Gasteiger partial charge on any atom is -0.479 e. The summed E-state index contributed by atoms with van der Waals surface area (Å²) in [7, 11) is -2.04. The molecule has 0 radical (unpaired) electrons. The van der Waals surface area contributed by atoms with Gasteiger partial charge < -0.3 is 9.53 Å². The van der Waals surface area contributed by atoms with Crippen LogP contribution in [0, 0.1) is 5.92 Å². The van der Waals surface area contributed by atoms with Crippen LogP contribution >= 0.6 is 0 Å². The molecule has 114 valence electrons. The number of aliphatic carboxylic acids is 1. The zero-order valence-corrected chi connectivity index (χ0v) is 14.7. The third kappa shape index (κ3) is 5.65. The smallest absolute Gasteiger partial charge is 0.331 e. The highest BCUT2D eigenvalue weighted by Crippen LogP contribution is 2.43. The van der Waals surface area contributed by atoms with E-state index in [0.29, 0.717) is 12.3 Å². The Labute approximate surface area is 119 Å². The molecule has 2 unspecified atom stereocenters. The summed E-state index contributed by atoms with van der Waals surface area (Å²) in [6.07, 6.45) is 3.16. The molecule has 0 saturated carbocycles. The Morgan fingerprint density at radius 2 is 1.84 bits per heavy atom. The first-order valence-electron chi connectivity index (χ1n) is 7.48. The molecular weight excluding hydrogens is 256 g/mol. The van der Waals surface area contributed by atoms with Crippen molar-refractivity contribution in [1.82, 2.24) is 0 Å². The van der Waals surface area contributed by atoms with E-state index in [2.05, 4.69) is 47.7 Å². The largest absolute Gasteiger partial charge is 0.479 e. The molecular formula is C15H32O3Si. The maximum absolute atomic E-state index is 11.4. The predicted octanol–water partition coefficient (Wildman–Crippen LogP) is 4.68. The molecule has 4 heteroatoms. The number of carboxylic acids is 1. The lowest BCUT2D eigenvalue weighted by atomic mass is 10.0. The van der Waals surface area contributed by atoms with E-state index in [4.69, 9.17) is 4.43 Å². The minimum absolute atomic E-state index is 0.102. The summed E-state index contributed by atoms with van der Waals surface area (Å²) >= 11 is 0. The van der Waals surface area contributed by atoms with Crippen LogP contribution in [-0.4, -0.2) is 25.5 Å². The first-order valence-corrected chi connectivity index (χ1v) is 10.4. The van der Waals surface area contributed by atoms with Crippen LogP contribution in [0.1, 0.15) is 60.3 Å². The lowest BCUT2D eigenvalue weighted by Crippen LogP contribution is -2.47. The van der Waals surface area contributed by atoms with E-state index in [1.807, 2.05) is 0 Å². The summed E-state index contributed by atoms with van der Waals surface area (Å²) in [4.78, 5) is 11.4. The van der Waals surface area contributed by atoms with E-state index in [1.165, 1.54) is 0 Å². The Morgan fingerprint density at radius 1 is 1.32 bits per heavy atom. The van der Waals surface area contributed by atoms with Gasteiger partial charge in [-0.25, -0.2) is 4.79 Å². The molecule has 0 aliphatic heterocycles. The van der Waals surface area contributed by atoms with Gasteiger partial charge in [-0.15, -0.1) is 0 Å². The number of hydrogen-bond acceptors (Lipinski definition) is 2. The van der Waals surface area contributed by atoms with Gasteiger partial charge >= 0.3 is 5.97 Å². The maximum Gasteiger partial charge on any atom is 0.331 e. The average Bonchev–Trinajstić information content (AvgIpc) is 2.27. The molecule has 0 aliphatic carbocycles. The van der Waals surface area contributed by atoms with Crippen molar-refractivity contribution in [2.45, 2.75) is 84.5 Å². The van der Waals surface area contributed by atoms with Crippen molar-refractivity contribution in [3.63, 3.8) is 0 Å². The van der Waals surface area contributed by atoms with Crippen molar-refractivity contribution in [2.24, 2.45) is 5.92 Å². The van der Waals surface area contributed by atoms with E-state index >= 15 is 0 Å². The lowest BCUT2D eigenvalue weighted by Gasteiger charge is -2.41. The fourth-order valence-corrected chi connectivity index (χ4v) is 4.25. The Balaban J connectivity index is 4.87. The number of carbonyl (C=O) groups is 1. The molecule has 0 heterocycles. The summed E-state index contributed by atoms with van der Waals surface area (Å²) in [5, 5.41) is 9.48. The van der Waals surface area contributed by atoms with Crippen molar-refractivity contribution in [3.8, 4) is 0 Å². The lowest BCUT2D eigenvalue weighted by molar-refractivity contribution is -0.146. The zero-order valence-electron chi connectivity index (χ0n) is 13.7. The molecule has 0 saturated heterocycles. The molecule has 3 nitrogen and oxygen atoms in total. The van der Waals surface area contributed by atoms with Crippen LogP contribution in [0.2, 0.25) is 18.1 Å². The van der Waals surface area contributed by atoms with Crippen LogP contribution in [0.4, 0.5) is 0 Å². The van der Waals surface area contributed by atoms with Gasteiger partial charge in [-0.3, -0.25) is 0 Å². The van der Waals surface area contributed by atoms with Gasteiger partial charge in [0.1, 0.15) is 6.10 Å². The van der Waals surface area contributed by atoms with Gasteiger partial charge in [-0.05, 0) is 36.9 Å². The molecule has 1 N–H and O–H groups in total. The first kappa shape index (κ1) is 18.6. The first-order chi connectivity index (χ1) is 8.57. The van der Waals surface area contributed by atoms with Gasteiger partial charge in [-0.2, -0.15) is 0 Å². The van der Waals surface area contributed by atoms with E-state index in [9.17, 15) is 9.90 Å². The van der Waals surface area contributed by atoms with Crippen molar-refractivity contribution < 1.29 is 14.3 Å². The molecule has 0 aromatic rings. The average molecular weight is 289 g/mol. The molecule has 0 fully saturated rings. The Kier molecular flexibility index (Phi) is 7.30. The molecule has 19 heavy (non-hydrogen) atoms. The van der Waals surface area contributed by atoms with Crippen LogP contribution in [0.25, 0.3) is 0 Å². The second-order valence-corrected chi connectivity index (χ2v) is 11.4. The van der Waals surface area contributed by atoms with Crippen LogP contribution in [0.3, 0.4) is 0 Å². The number of hydrogen-bond donors (Lipinski definition) is 1. The summed E-state index contributed by atoms with van der Waals surface area (Å²) in [5.74, 6) is -0.423. The topological polar surface area (TPSA) is 46.5 Å². The summed E-state index contributed by atoms with van der Waals surface area (Å²) < 4.78 is 6.13. The van der Waals surface area contributed by atoms with Gasteiger partial charge in [0.25, 0.3) is 0 Å². The van der Waals surface area contributed by atoms with Crippen LogP contribution in [0.5, 0.6) is 0 Å². The molecule has 0 aliphatic rings. The highest BCUT2D eigenvalue weighted by atomic mass is 28.4. The highest BCUT2D eigenvalue weighted by molar-refractivity contribution is 6.74. The monoisotopic (exact) mass is 288 g/mol. The van der Waals surface area contributed by atoms with E-state index in [1.54, 1.807) is 0 Å². The molecule has 0 rings (SSSR count). The van der Waals surface area contributed by atoms with Crippen molar-refractivity contribution in [1.29, 1.82) is 0 Å². The molecule has 0 bridgehead atoms. The molecule has 0 amide bonds. The van der Waals surface area contributed by atoms with Gasteiger partial charge in [-0.1, -0.05) is 47.5 Å². The quantitative estimate of drug-likeness (QED) is 0.627. The Hall–Kier alpha value is -0.353. The van der Waals surface area contributed by atoms with E-state index < -0.39 is 20.4 Å². The van der Waals surface area contributed by atoms with Crippen LogP contribution in [-0.2, 0) is 9.22 Å². The SMILES string of the molecule is CCCC(C)(C)[Si](C)(C)OC(CC(C)CC)C(=O)O. The maximum atomic E-state index is 11.4. The third-order valence-corrected chi connectivity index (χ3v) is 8.91. The Morgan fingerprint density at radius 3 is 2.21 bits per heavy atom. The molecule has 2 atom stereocenters. The van der Waals surface area contributed by atoms with Gasteiger partial charge in [0, 0.05) is 0 Å². The summed E-state index contributed by atoms with van der Waals surface area (Å²) in [6, 6.07) is 0. The number of carboxylic acid groups (broad SMARTS) is 1. The van der Waals surface area contributed by atoms with Crippen LogP contribution < -0.4 is 0 Å². The van der Waals surface area contributed by atoms with Crippen molar-refractivity contribution >= 4 is 14.3 Å². The fraction of sp³-hybridized carbons (Fsp3) is 0.933. The molecule has 0 aromatic carbocycles. The third-order valence-electron chi connectivity index (χ3n) is 4.53.